The van der Waals surface area contributed by atoms with Gasteiger partial charge in [0.05, 0.1) is 0 Å². The van der Waals surface area contributed by atoms with E-state index >= 15 is 0 Å². The number of nitrogens with one attached hydrogen (secondary N) is 2. The Kier molecular flexibility index (Phi) is 5.76. The van der Waals surface area contributed by atoms with Crippen LogP contribution in [0.4, 0.5) is 0 Å². The molecule has 0 heterocycles. The second-order valence-electron chi connectivity index (χ2n) is 3.57. The standard InChI is InChI=1S/C12H17IN2O/c1-3-14-6-7-15-12(16)10-5-4-9(2)11(13)8-10/h4-5,8,14H,3,6-7H2,1-2H3,(H,15,16). The molecular formula is C12H17IN2O. The summed E-state index contributed by atoms with van der Waals surface area (Å²) in [6.45, 7) is 6.49. The van der Waals surface area contributed by atoms with Crippen molar-refractivity contribution in [2.45, 2.75) is 13.8 Å². The highest BCUT2D eigenvalue weighted by Crippen LogP contribution is 2.13. The summed E-state index contributed by atoms with van der Waals surface area (Å²) in [5.74, 6) is -0.00387. The lowest BCUT2D eigenvalue weighted by atomic mass is 10.1. The van der Waals surface area contributed by atoms with Gasteiger partial charge in [0, 0.05) is 22.2 Å². The number of hydrogen-bond acceptors (Lipinski definition) is 2. The maximum Gasteiger partial charge on any atom is 0.251 e. The predicted octanol–water partition coefficient (Wildman–Crippen LogP) is 1.94. The SMILES string of the molecule is CCNCCNC(=O)c1ccc(C)c(I)c1. The number of benzene rings is 1. The molecule has 0 saturated carbocycles. The maximum absolute atomic E-state index is 11.7. The van der Waals surface area contributed by atoms with Crippen molar-refractivity contribution in [1.82, 2.24) is 10.6 Å². The van der Waals surface area contributed by atoms with Gasteiger partial charge in [-0.05, 0) is 53.8 Å². The van der Waals surface area contributed by atoms with Crippen LogP contribution in [0.5, 0.6) is 0 Å². The average Bonchev–Trinajstić information content (AvgIpc) is 2.28. The largest absolute Gasteiger partial charge is 0.351 e. The van der Waals surface area contributed by atoms with Crippen molar-refractivity contribution >= 4 is 28.5 Å². The molecule has 16 heavy (non-hydrogen) atoms. The van der Waals surface area contributed by atoms with Crippen molar-refractivity contribution in [1.29, 1.82) is 0 Å². The van der Waals surface area contributed by atoms with Crippen LogP contribution in [0.2, 0.25) is 0 Å². The molecule has 0 bridgehead atoms. The first-order chi connectivity index (χ1) is 7.65. The highest BCUT2D eigenvalue weighted by atomic mass is 127. The van der Waals surface area contributed by atoms with Crippen molar-refractivity contribution in [3.63, 3.8) is 0 Å². The average molecular weight is 332 g/mol. The first-order valence-corrected chi connectivity index (χ1v) is 6.48. The summed E-state index contributed by atoms with van der Waals surface area (Å²) in [5, 5.41) is 6.04. The lowest BCUT2D eigenvalue weighted by Gasteiger charge is -2.06. The van der Waals surface area contributed by atoms with Gasteiger partial charge in [-0.3, -0.25) is 4.79 Å². The first kappa shape index (κ1) is 13.4. The molecule has 0 atom stereocenters. The Morgan fingerprint density at radius 2 is 2.12 bits per heavy atom. The van der Waals surface area contributed by atoms with Crippen molar-refractivity contribution in [2.24, 2.45) is 0 Å². The summed E-state index contributed by atoms with van der Waals surface area (Å²) in [4.78, 5) is 11.7. The molecule has 0 aromatic heterocycles. The molecule has 0 aliphatic rings. The van der Waals surface area contributed by atoms with Gasteiger partial charge in [-0.1, -0.05) is 13.0 Å². The van der Waals surface area contributed by atoms with Crippen LogP contribution in [-0.2, 0) is 0 Å². The molecule has 0 radical (unpaired) electrons. The molecule has 1 aromatic carbocycles. The van der Waals surface area contributed by atoms with Gasteiger partial charge >= 0.3 is 0 Å². The molecule has 0 aliphatic heterocycles. The molecule has 1 rings (SSSR count). The number of likely N-dealkylation sites (N-methyl/N-ethyl adjacent to an activating group) is 1. The fourth-order valence-electron chi connectivity index (χ4n) is 1.28. The topological polar surface area (TPSA) is 41.1 Å². The zero-order valence-corrected chi connectivity index (χ0v) is 11.8. The smallest absolute Gasteiger partial charge is 0.251 e. The van der Waals surface area contributed by atoms with Crippen molar-refractivity contribution in [3.05, 3.63) is 32.9 Å². The molecule has 0 saturated heterocycles. The van der Waals surface area contributed by atoms with Crippen LogP contribution in [0.3, 0.4) is 0 Å². The molecule has 0 unspecified atom stereocenters. The summed E-state index contributed by atoms with van der Waals surface area (Å²) in [7, 11) is 0. The van der Waals surface area contributed by atoms with Crippen LogP contribution < -0.4 is 10.6 Å². The molecule has 88 valence electrons. The quantitative estimate of drug-likeness (QED) is 0.639. The van der Waals surface area contributed by atoms with E-state index in [1.165, 1.54) is 5.56 Å². The fraction of sp³-hybridized carbons (Fsp3) is 0.417. The maximum atomic E-state index is 11.7. The van der Waals surface area contributed by atoms with E-state index in [4.69, 9.17) is 0 Å². The Hall–Kier alpha value is -0.620. The normalized spacial score (nSPS) is 10.2. The highest BCUT2D eigenvalue weighted by molar-refractivity contribution is 14.1. The Labute approximate surface area is 110 Å². The summed E-state index contributed by atoms with van der Waals surface area (Å²) in [6, 6.07) is 5.75. The van der Waals surface area contributed by atoms with Crippen LogP contribution in [0.25, 0.3) is 0 Å². The Balaban J connectivity index is 2.50. The minimum absolute atomic E-state index is 0.00387. The Morgan fingerprint density at radius 3 is 2.75 bits per heavy atom. The monoisotopic (exact) mass is 332 g/mol. The van der Waals surface area contributed by atoms with Crippen LogP contribution in [-0.4, -0.2) is 25.5 Å². The lowest BCUT2D eigenvalue weighted by Crippen LogP contribution is -2.31. The van der Waals surface area contributed by atoms with Crippen molar-refractivity contribution in [3.8, 4) is 0 Å². The van der Waals surface area contributed by atoms with Gasteiger partial charge in [-0.15, -0.1) is 0 Å². The lowest BCUT2D eigenvalue weighted by molar-refractivity contribution is 0.0954. The van der Waals surface area contributed by atoms with E-state index in [2.05, 4.69) is 33.2 Å². The molecule has 0 fully saturated rings. The van der Waals surface area contributed by atoms with Crippen LogP contribution in [0, 0.1) is 10.5 Å². The zero-order chi connectivity index (χ0) is 12.0. The number of amides is 1. The Bertz CT molecular complexity index is 366. The van der Waals surface area contributed by atoms with Gasteiger partial charge in [0.25, 0.3) is 5.91 Å². The number of aryl methyl sites for hydroxylation is 1. The summed E-state index contributed by atoms with van der Waals surface area (Å²) >= 11 is 2.24. The molecule has 1 amide bonds. The van der Waals surface area contributed by atoms with Gasteiger partial charge in [-0.2, -0.15) is 0 Å². The molecular weight excluding hydrogens is 315 g/mol. The second-order valence-corrected chi connectivity index (χ2v) is 4.74. The Morgan fingerprint density at radius 1 is 1.38 bits per heavy atom. The molecule has 0 aliphatic carbocycles. The molecule has 0 spiro atoms. The number of hydrogen-bond donors (Lipinski definition) is 2. The van der Waals surface area contributed by atoms with Crippen LogP contribution in [0.1, 0.15) is 22.8 Å². The third-order valence-electron chi connectivity index (χ3n) is 2.27. The summed E-state index contributed by atoms with van der Waals surface area (Å²) in [5.41, 5.74) is 1.93. The van der Waals surface area contributed by atoms with E-state index in [1.807, 2.05) is 32.0 Å². The van der Waals surface area contributed by atoms with Gasteiger partial charge < -0.3 is 10.6 Å². The summed E-state index contributed by atoms with van der Waals surface area (Å²) < 4.78 is 1.12. The van der Waals surface area contributed by atoms with Gasteiger partial charge in [0.15, 0.2) is 0 Å². The van der Waals surface area contributed by atoms with Gasteiger partial charge in [0.2, 0.25) is 0 Å². The van der Waals surface area contributed by atoms with Crippen molar-refractivity contribution < 1.29 is 4.79 Å². The zero-order valence-electron chi connectivity index (χ0n) is 9.64. The van der Waals surface area contributed by atoms with E-state index in [-0.39, 0.29) is 5.91 Å². The predicted molar refractivity (Wildman–Crippen MR) is 74.8 cm³/mol. The second kappa shape index (κ2) is 6.85. The molecule has 2 N–H and O–H groups in total. The minimum Gasteiger partial charge on any atom is -0.351 e. The van der Waals surface area contributed by atoms with Crippen LogP contribution >= 0.6 is 22.6 Å². The molecule has 3 nitrogen and oxygen atoms in total. The fourth-order valence-corrected chi connectivity index (χ4v) is 1.79. The first-order valence-electron chi connectivity index (χ1n) is 5.40. The third kappa shape index (κ3) is 4.09. The van der Waals surface area contributed by atoms with E-state index < -0.39 is 0 Å². The van der Waals surface area contributed by atoms with Gasteiger partial charge in [0.1, 0.15) is 0 Å². The molecule has 4 heteroatoms. The van der Waals surface area contributed by atoms with Crippen molar-refractivity contribution in [2.75, 3.05) is 19.6 Å². The van der Waals surface area contributed by atoms with E-state index in [9.17, 15) is 4.79 Å². The highest BCUT2D eigenvalue weighted by Gasteiger charge is 2.05. The van der Waals surface area contributed by atoms with E-state index in [0.29, 0.717) is 6.54 Å². The van der Waals surface area contributed by atoms with E-state index in [1.54, 1.807) is 0 Å². The number of halogens is 1. The number of rotatable bonds is 5. The number of carbonyl (C=O) groups excluding carboxylic acids is 1. The van der Waals surface area contributed by atoms with E-state index in [0.717, 1.165) is 22.2 Å². The number of carbonyl (C=O) groups is 1. The minimum atomic E-state index is -0.00387. The van der Waals surface area contributed by atoms with Crippen LogP contribution in [0.15, 0.2) is 18.2 Å². The third-order valence-corrected chi connectivity index (χ3v) is 3.43. The molecule has 1 aromatic rings. The summed E-state index contributed by atoms with van der Waals surface area (Å²) in [6.07, 6.45) is 0. The van der Waals surface area contributed by atoms with Gasteiger partial charge in [-0.25, -0.2) is 0 Å².